The van der Waals surface area contributed by atoms with Crippen LogP contribution < -0.4 is 24.8 Å². The summed E-state index contributed by atoms with van der Waals surface area (Å²) < 4.78 is 20.9. The summed E-state index contributed by atoms with van der Waals surface area (Å²) in [7, 11) is 4.53. The van der Waals surface area contributed by atoms with Gasteiger partial charge in [0, 0.05) is 35.6 Å². The zero-order chi connectivity index (χ0) is 20.1. The molecule has 0 bridgehead atoms. The van der Waals surface area contributed by atoms with Crippen molar-refractivity contribution in [2.45, 2.75) is 6.92 Å². The number of pyridine rings is 1. The number of nitrogens with zero attached hydrogens (tertiary/aromatic N) is 2. The van der Waals surface area contributed by atoms with Gasteiger partial charge in [-0.3, -0.25) is 4.79 Å². The van der Waals surface area contributed by atoms with E-state index in [4.69, 9.17) is 18.7 Å². The number of hydrogen-bond acceptors (Lipinski definition) is 8. The lowest BCUT2D eigenvalue weighted by molar-refractivity contribution is 0.102. The van der Waals surface area contributed by atoms with Gasteiger partial charge in [-0.05, 0) is 19.1 Å². The summed E-state index contributed by atoms with van der Waals surface area (Å²) in [5.74, 6) is 2.64. The van der Waals surface area contributed by atoms with E-state index in [1.54, 1.807) is 37.3 Å². The molecule has 28 heavy (non-hydrogen) atoms. The van der Waals surface area contributed by atoms with Crippen molar-refractivity contribution in [3.05, 3.63) is 47.9 Å². The van der Waals surface area contributed by atoms with Crippen LogP contribution in [0.1, 0.15) is 16.1 Å². The summed E-state index contributed by atoms with van der Waals surface area (Å²) in [4.78, 5) is 16.8. The maximum Gasteiger partial charge on any atom is 0.255 e. The summed E-state index contributed by atoms with van der Waals surface area (Å²) in [5, 5.41) is 9.63. The Morgan fingerprint density at radius 1 is 1.00 bits per heavy atom. The Kier molecular flexibility index (Phi) is 5.64. The maximum atomic E-state index is 12.7. The molecule has 0 unspecified atom stereocenters. The van der Waals surface area contributed by atoms with E-state index in [-0.39, 0.29) is 5.91 Å². The standard InChI is InChI=1S/C19H20N4O5/c1-11-7-17(23-28-11)22-16-8-12(5-6-20-16)19(24)21-13-9-14(25-2)18(27-4)15(10-13)26-3/h5-10H,1-4H3,(H,21,24)(H,20,22,23). The van der Waals surface area contributed by atoms with E-state index >= 15 is 0 Å². The summed E-state index contributed by atoms with van der Waals surface area (Å²) >= 11 is 0. The van der Waals surface area contributed by atoms with E-state index in [0.29, 0.717) is 45.9 Å². The first-order chi connectivity index (χ1) is 13.5. The monoisotopic (exact) mass is 384 g/mol. The van der Waals surface area contributed by atoms with Crippen molar-refractivity contribution in [1.29, 1.82) is 0 Å². The quantitative estimate of drug-likeness (QED) is 0.638. The van der Waals surface area contributed by atoms with Gasteiger partial charge >= 0.3 is 0 Å². The average Bonchev–Trinajstić information content (AvgIpc) is 3.11. The molecule has 1 aromatic carbocycles. The zero-order valence-electron chi connectivity index (χ0n) is 15.9. The number of aryl methyl sites for hydroxylation is 1. The lowest BCUT2D eigenvalue weighted by atomic mass is 10.2. The number of hydrogen-bond donors (Lipinski definition) is 2. The molecule has 0 aliphatic carbocycles. The molecule has 3 aromatic rings. The van der Waals surface area contributed by atoms with Crippen LogP contribution in [0.2, 0.25) is 0 Å². The molecule has 9 nitrogen and oxygen atoms in total. The van der Waals surface area contributed by atoms with Gasteiger partial charge in [0.2, 0.25) is 5.75 Å². The molecule has 0 saturated heterocycles. The second kappa shape index (κ2) is 8.30. The minimum absolute atomic E-state index is 0.323. The van der Waals surface area contributed by atoms with Crippen LogP contribution in [0.25, 0.3) is 0 Å². The second-order valence-electron chi connectivity index (χ2n) is 5.75. The van der Waals surface area contributed by atoms with E-state index in [9.17, 15) is 4.79 Å². The SMILES string of the molecule is COc1cc(NC(=O)c2ccnc(Nc3cc(C)on3)c2)cc(OC)c1OC. The molecule has 3 rings (SSSR count). The fourth-order valence-corrected chi connectivity index (χ4v) is 2.55. The molecular formula is C19H20N4O5. The van der Waals surface area contributed by atoms with Crippen molar-refractivity contribution in [3.8, 4) is 17.2 Å². The van der Waals surface area contributed by atoms with E-state index in [2.05, 4.69) is 20.8 Å². The third kappa shape index (κ3) is 4.14. The largest absolute Gasteiger partial charge is 0.493 e. The lowest BCUT2D eigenvalue weighted by Gasteiger charge is -2.14. The summed E-state index contributed by atoms with van der Waals surface area (Å²) in [6.45, 7) is 1.78. The van der Waals surface area contributed by atoms with E-state index < -0.39 is 0 Å². The molecule has 1 amide bonds. The maximum absolute atomic E-state index is 12.7. The Morgan fingerprint density at radius 2 is 1.71 bits per heavy atom. The van der Waals surface area contributed by atoms with Crippen LogP contribution in [0.5, 0.6) is 17.2 Å². The number of benzene rings is 1. The molecule has 0 spiro atoms. The molecule has 0 atom stereocenters. The van der Waals surface area contributed by atoms with E-state index in [0.717, 1.165) is 0 Å². The third-order valence-electron chi connectivity index (χ3n) is 3.83. The van der Waals surface area contributed by atoms with Gasteiger partial charge < -0.3 is 29.4 Å². The number of aromatic nitrogens is 2. The van der Waals surface area contributed by atoms with Crippen molar-refractivity contribution >= 4 is 23.2 Å². The van der Waals surface area contributed by atoms with Crippen LogP contribution in [0.15, 0.2) is 41.1 Å². The molecule has 2 N–H and O–H groups in total. The number of anilines is 3. The first-order valence-corrected chi connectivity index (χ1v) is 8.31. The summed E-state index contributed by atoms with van der Waals surface area (Å²) in [6.07, 6.45) is 1.53. The number of carbonyl (C=O) groups excluding carboxylic acids is 1. The second-order valence-corrected chi connectivity index (χ2v) is 5.75. The number of amides is 1. The van der Waals surface area contributed by atoms with Gasteiger partial charge in [0.1, 0.15) is 11.6 Å². The van der Waals surface area contributed by atoms with Crippen LogP contribution in [0.4, 0.5) is 17.3 Å². The third-order valence-corrected chi connectivity index (χ3v) is 3.83. The van der Waals surface area contributed by atoms with Crippen molar-refractivity contribution in [2.75, 3.05) is 32.0 Å². The molecule has 146 valence electrons. The number of ether oxygens (including phenoxy) is 3. The minimum atomic E-state index is -0.323. The van der Waals surface area contributed by atoms with Crippen LogP contribution in [0.3, 0.4) is 0 Å². The zero-order valence-corrected chi connectivity index (χ0v) is 15.9. The van der Waals surface area contributed by atoms with Crippen LogP contribution in [-0.4, -0.2) is 37.4 Å². The molecule has 0 aliphatic rings. The normalized spacial score (nSPS) is 10.3. The molecule has 9 heteroatoms. The Balaban J connectivity index is 1.80. The molecule has 2 heterocycles. The van der Waals surface area contributed by atoms with Crippen molar-refractivity contribution < 1.29 is 23.5 Å². The fraction of sp³-hybridized carbons (Fsp3) is 0.211. The van der Waals surface area contributed by atoms with Crippen LogP contribution >= 0.6 is 0 Å². The summed E-state index contributed by atoms with van der Waals surface area (Å²) in [6, 6.07) is 8.24. The minimum Gasteiger partial charge on any atom is -0.493 e. The van der Waals surface area contributed by atoms with Gasteiger partial charge in [-0.25, -0.2) is 4.98 Å². The summed E-state index contributed by atoms with van der Waals surface area (Å²) in [5.41, 5.74) is 0.907. The highest BCUT2D eigenvalue weighted by Crippen LogP contribution is 2.40. The van der Waals surface area contributed by atoms with Gasteiger partial charge in [-0.15, -0.1) is 0 Å². The Bertz CT molecular complexity index is 961. The van der Waals surface area contributed by atoms with Crippen molar-refractivity contribution in [1.82, 2.24) is 10.1 Å². The number of carbonyl (C=O) groups is 1. The number of nitrogens with one attached hydrogen (secondary N) is 2. The Hall–Kier alpha value is -3.75. The smallest absolute Gasteiger partial charge is 0.255 e. The average molecular weight is 384 g/mol. The van der Waals surface area contributed by atoms with Crippen LogP contribution in [-0.2, 0) is 0 Å². The van der Waals surface area contributed by atoms with Gasteiger partial charge in [0.05, 0.1) is 21.3 Å². The van der Waals surface area contributed by atoms with Crippen molar-refractivity contribution in [3.63, 3.8) is 0 Å². The Labute approximate surface area is 161 Å². The van der Waals surface area contributed by atoms with E-state index in [1.165, 1.54) is 27.5 Å². The predicted octanol–water partition coefficient (Wildman–Crippen LogP) is 3.40. The van der Waals surface area contributed by atoms with Gasteiger partial charge in [-0.1, -0.05) is 5.16 Å². The van der Waals surface area contributed by atoms with Gasteiger partial charge in [0.15, 0.2) is 17.3 Å². The molecule has 0 saturated carbocycles. The molecular weight excluding hydrogens is 364 g/mol. The molecule has 2 aromatic heterocycles. The first kappa shape index (κ1) is 19.0. The molecule has 0 radical (unpaired) electrons. The fourth-order valence-electron chi connectivity index (χ4n) is 2.55. The van der Waals surface area contributed by atoms with Gasteiger partial charge in [0.25, 0.3) is 5.91 Å². The topological polar surface area (TPSA) is 108 Å². The van der Waals surface area contributed by atoms with Gasteiger partial charge in [-0.2, -0.15) is 0 Å². The Morgan fingerprint density at radius 3 is 2.29 bits per heavy atom. The molecule has 0 aliphatic heterocycles. The lowest BCUT2D eigenvalue weighted by Crippen LogP contribution is -2.13. The van der Waals surface area contributed by atoms with Crippen molar-refractivity contribution in [2.24, 2.45) is 0 Å². The molecule has 0 fully saturated rings. The van der Waals surface area contributed by atoms with Crippen LogP contribution in [0, 0.1) is 6.92 Å². The highest BCUT2D eigenvalue weighted by atomic mass is 16.5. The first-order valence-electron chi connectivity index (χ1n) is 8.31. The predicted molar refractivity (Wildman–Crippen MR) is 103 cm³/mol. The number of rotatable bonds is 7. The van der Waals surface area contributed by atoms with E-state index in [1.807, 2.05) is 0 Å². The highest BCUT2D eigenvalue weighted by Gasteiger charge is 2.15. The highest BCUT2D eigenvalue weighted by molar-refractivity contribution is 6.05. The number of methoxy groups -OCH3 is 3.